The number of hydrogen-bond acceptors (Lipinski definition) is 3. The Labute approximate surface area is 45.3 Å². The highest BCUT2D eigenvalue weighted by Crippen LogP contribution is 1.98. The van der Waals surface area contributed by atoms with Gasteiger partial charge in [0.2, 0.25) is 0 Å². The smallest absolute Gasteiger partial charge is 0.279 e. The van der Waals surface area contributed by atoms with E-state index in [-0.39, 0.29) is 0 Å². The fourth-order valence-electron chi connectivity index (χ4n) is 0.159. The number of nitrogens with two attached hydrogens (primary N) is 2. The maximum Gasteiger partial charge on any atom is 0.279 e. The summed E-state index contributed by atoms with van der Waals surface area (Å²) in [5, 5.41) is 0. The fraction of sp³-hybridized carbons (Fsp3) is 0.333. The van der Waals surface area contributed by atoms with E-state index in [4.69, 9.17) is 5.73 Å². The minimum absolute atomic E-state index is 0.562. The summed E-state index contributed by atoms with van der Waals surface area (Å²) in [6, 6.07) is 0. The molecule has 8 heavy (non-hydrogen) atoms. The van der Waals surface area contributed by atoms with Crippen LogP contribution in [-0.2, 0) is 0 Å². The van der Waals surface area contributed by atoms with Crippen LogP contribution in [0.25, 0.3) is 0 Å². The van der Waals surface area contributed by atoms with Gasteiger partial charge in [-0.05, 0) is 0 Å². The average molecular weight is 123 g/mol. The van der Waals surface area contributed by atoms with Gasteiger partial charge < -0.3 is 11.2 Å². The van der Waals surface area contributed by atoms with Gasteiger partial charge in [0, 0.05) is 6.20 Å². The maximum absolute atomic E-state index is 11.3. The van der Waals surface area contributed by atoms with E-state index in [0.717, 1.165) is 6.20 Å². The molecule has 0 aromatic rings. The van der Waals surface area contributed by atoms with Crippen LogP contribution in [-0.4, -0.2) is 6.43 Å². The first-order chi connectivity index (χ1) is 3.68. The minimum Gasteiger partial charge on any atom is -0.396 e. The van der Waals surface area contributed by atoms with E-state index in [1.807, 2.05) is 5.43 Å². The molecule has 0 spiro atoms. The van der Waals surface area contributed by atoms with E-state index in [1.54, 1.807) is 0 Å². The van der Waals surface area contributed by atoms with Gasteiger partial charge in [-0.15, -0.1) is 0 Å². The number of halogens is 2. The van der Waals surface area contributed by atoms with Gasteiger partial charge in [0.05, 0.1) is 5.70 Å². The molecule has 5 N–H and O–H groups in total. The topological polar surface area (TPSA) is 64.1 Å². The zero-order valence-corrected chi connectivity index (χ0v) is 4.07. The van der Waals surface area contributed by atoms with Gasteiger partial charge in [-0.25, -0.2) is 8.78 Å². The molecule has 3 nitrogen and oxygen atoms in total. The molecule has 0 aromatic heterocycles. The molecule has 0 amide bonds. The first-order valence-electron chi connectivity index (χ1n) is 1.88. The van der Waals surface area contributed by atoms with Gasteiger partial charge >= 0.3 is 0 Å². The lowest BCUT2D eigenvalue weighted by Gasteiger charge is -1.95. The number of alkyl halides is 2. The SMILES string of the molecule is NN/C=C(\N)C(F)F. The molecule has 0 aromatic carbocycles. The molecule has 0 aliphatic carbocycles. The average Bonchev–Trinajstić information content (AvgIpc) is 1.67. The van der Waals surface area contributed by atoms with Gasteiger partial charge in [-0.3, -0.25) is 5.84 Å². The van der Waals surface area contributed by atoms with Crippen molar-refractivity contribution in [1.29, 1.82) is 0 Å². The lowest BCUT2D eigenvalue weighted by Crippen LogP contribution is -2.19. The summed E-state index contributed by atoms with van der Waals surface area (Å²) in [6.07, 6.45) is -1.80. The Morgan fingerprint density at radius 1 is 1.62 bits per heavy atom. The lowest BCUT2D eigenvalue weighted by atomic mass is 10.5. The molecule has 0 fully saturated rings. The number of hydrazine groups is 1. The molecular formula is C3H7F2N3. The van der Waals surface area contributed by atoms with Crippen molar-refractivity contribution in [3.05, 3.63) is 11.9 Å². The number of allylic oxidation sites excluding steroid dienone is 1. The Balaban J connectivity index is 3.61. The predicted molar refractivity (Wildman–Crippen MR) is 25.6 cm³/mol. The van der Waals surface area contributed by atoms with E-state index in [0.29, 0.717) is 0 Å². The molecule has 0 aliphatic heterocycles. The molecule has 0 bridgehead atoms. The third kappa shape index (κ3) is 2.35. The predicted octanol–water partition coefficient (Wildman–Crippen LogP) is -0.485. The Kier molecular flexibility index (Phi) is 2.86. The van der Waals surface area contributed by atoms with Crippen LogP contribution < -0.4 is 17.0 Å². The third-order valence-electron chi connectivity index (χ3n) is 0.502. The molecule has 0 aliphatic rings. The summed E-state index contributed by atoms with van der Waals surface area (Å²) in [4.78, 5) is 0. The number of nitrogens with one attached hydrogen (secondary N) is 1. The molecule has 0 unspecified atom stereocenters. The molecule has 0 saturated carbocycles. The van der Waals surface area contributed by atoms with Gasteiger partial charge in [0.25, 0.3) is 6.43 Å². The molecule has 0 atom stereocenters. The Morgan fingerprint density at radius 3 is 2.25 bits per heavy atom. The lowest BCUT2D eigenvalue weighted by molar-refractivity contribution is 0.187. The highest BCUT2D eigenvalue weighted by molar-refractivity contribution is 4.96. The molecular weight excluding hydrogens is 116 g/mol. The standard InChI is InChI=1S/C3H7F2N3/c4-3(5)2(6)1-8-7/h1,3,8H,6-7H2/b2-1-. The molecule has 48 valence electrons. The van der Waals surface area contributed by atoms with E-state index in [9.17, 15) is 8.78 Å². The van der Waals surface area contributed by atoms with Crippen molar-refractivity contribution in [2.24, 2.45) is 11.6 Å². The highest BCUT2D eigenvalue weighted by atomic mass is 19.3. The molecule has 5 heteroatoms. The molecule has 0 saturated heterocycles. The first-order valence-corrected chi connectivity index (χ1v) is 1.88. The van der Waals surface area contributed by atoms with Crippen LogP contribution in [0.15, 0.2) is 11.9 Å². The Morgan fingerprint density at radius 2 is 2.12 bits per heavy atom. The van der Waals surface area contributed by atoms with Crippen molar-refractivity contribution in [3.8, 4) is 0 Å². The highest BCUT2D eigenvalue weighted by Gasteiger charge is 2.03. The number of rotatable bonds is 2. The second-order valence-corrected chi connectivity index (χ2v) is 1.11. The second-order valence-electron chi connectivity index (χ2n) is 1.11. The van der Waals surface area contributed by atoms with Crippen molar-refractivity contribution in [3.63, 3.8) is 0 Å². The van der Waals surface area contributed by atoms with Gasteiger partial charge in [0.1, 0.15) is 0 Å². The largest absolute Gasteiger partial charge is 0.396 e. The van der Waals surface area contributed by atoms with E-state index in [1.165, 1.54) is 0 Å². The summed E-state index contributed by atoms with van der Waals surface area (Å²) < 4.78 is 22.7. The summed E-state index contributed by atoms with van der Waals surface area (Å²) in [5.41, 5.74) is 6.01. The molecule has 0 rings (SSSR count). The summed E-state index contributed by atoms with van der Waals surface area (Å²) in [5.74, 6) is 4.63. The van der Waals surface area contributed by atoms with Crippen molar-refractivity contribution in [2.75, 3.05) is 0 Å². The van der Waals surface area contributed by atoms with Crippen LogP contribution in [0.3, 0.4) is 0 Å². The zero-order valence-electron chi connectivity index (χ0n) is 4.07. The van der Waals surface area contributed by atoms with Gasteiger partial charge in [-0.2, -0.15) is 0 Å². The molecule has 0 heterocycles. The maximum atomic E-state index is 11.3. The Bertz CT molecular complexity index is 90.5. The Hall–Kier alpha value is -0.840. The third-order valence-corrected chi connectivity index (χ3v) is 0.502. The van der Waals surface area contributed by atoms with E-state index in [2.05, 4.69) is 5.84 Å². The van der Waals surface area contributed by atoms with Crippen LogP contribution in [0.5, 0.6) is 0 Å². The van der Waals surface area contributed by atoms with Crippen LogP contribution in [0.2, 0.25) is 0 Å². The van der Waals surface area contributed by atoms with Crippen molar-refractivity contribution >= 4 is 0 Å². The van der Waals surface area contributed by atoms with Crippen LogP contribution in [0.1, 0.15) is 0 Å². The normalized spacial score (nSPS) is 12.2. The van der Waals surface area contributed by atoms with Gasteiger partial charge in [-0.1, -0.05) is 0 Å². The summed E-state index contributed by atoms with van der Waals surface area (Å²) in [6.45, 7) is 0. The van der Waals surface area contributed by atoms with Crippen LogP contribution in [0.4, 0.5) is 8.78 Å². The monoisotopic (exact) mass is 123 g/mol. The van der Waals surface area contributed by atoms with Crippen LogP contribution in [0, 0.1) is 0 Å². The zero-order chi connectivity index (χ0) is 6.57. The van der Waals surface area contributed by atoms with Crippen LogP contribution >= 0.6 is 0 Å². The minimum atomic E-state index is -2.63. The summed E-state index contributed by atoms with van der Waals surface area (Å²) in [7, 11) is 0. The van der Waals surface area contributed by atoms with Crippen molar-refractivity contribution in [2.45, 2.75) is 6.43 Å². The molecule has 0 radical (unpaired) electrons. The second kappa shape index (κ2) is 3.20. The van der Waals surface area contributed by atoms with Gasteiger partial charge in [0.15, 0.2) is 0 Å². The number of hydrogen-bond donors (Lipinski definition) is 3. The fourth-order valence-corrected chi connectivity index (χ4v) is 0.159. The van der Waals surface area contributed by atoms with Crippen molar-refractivity contribution in [1.82, 2.24) is 5.43 Å². The van der Waals surface area contributed by atoms with E-state index >= 15 is 0 Å². The van der Waals surface area contributed by atoms with E-state index < -0.39 is 12.1 Å². The van der Waals surface area contributed by atoms with Crippen molar-refractivity contribution < 1.29 is 8.78 Å². The first kappa shape index (κ1) is 7.16. The summed E-state index contributed by atoms with van der Waals surface area (Å²) >= 11 is 0. The quantitative estimate of drug-likeness (QED) is 0.343.